The summed E-state index contributed by atoms with van der Waals surface area (Å²) in [7, 11) is 0. The van der Waals surface area contributed by atoms with Crippen molar-refractivity contribution in [2.45, 2.75) is 32.2 Å². The molecule has 0 fully saturated rings. The van der Waals surface area contributed by atoms with Gasteiger partial charge in [0.2, 0.25) is 5.88 Å². The Kier molecular flexibility index (Phi) is 11.5. The molecule has 0 saturated carbocycles. The third-order valence-corrected chi connectivity index (χ3v) is 3.38. The molecule has 1 unspecified atom stereocenters. The Hall–Kier alpha value is -1.89. The van der Waals surface area contributed by atoms with E-state index >= 15 is 0 Å². The molecule has 2 rings (SSSR count). The molecular formula is C17H24Cl2N4O2. The summed E-state index contributed by atoms with van der Waals surface area (Å²) in [6.45, 7) is 2.55. The van der Waals surface area contributed by atoms with Crippen molar-refractivity contribution in [1.82, 2.24) is 15.3 Å². The smallest absolute Gasteiger partial charge is 0.251 e. The van der Waals surface area contributed by atoms with Crippen molar-refractivity contribution in [3.63, 3.8) is 0 Å². The monoisotopic (exact) mass is 386 g/mol. The second-order valence-electron chi connectivity index (χ2n) is 5.22. The first-order valence-corrected chi connectivity index (χ1v) is 7.77. The quantitative estimate of drug-likeness (QED) is 0.725. The molecule has 25 heavy (non-hydrogen) atoms. The van der Waals surface area contributed by atoms with Gasteiger partial charge in [-0.1, -0.05) is 25.8 Å². The number of amides is 1. The molecule has 0 radical (unpaired) electrons. The summed E-state index contributed by atoms with van der Waals surface area (Å²) < 4.78 is 5.59. The van der Waals surface area contributed by atoms with Crippen LogP contribution in [0.25, 0.3) is 0 Å². The molecule has 0 bridgehead atoms. The molecule has 0 aliphatic rings. The first-order valence-electron chi connectivity index (χ1n) is 7.77. The molecule has 8 heteroatoms. The van der Waals surface area contributed by atoms with Crippen LogP contribution in [0.2, 0.25) is 0 Å². The van der Waals surface area contributed by atoms with Crippen LogP contribution >= 0.6 is 24.8 Å². The number of nitrogens with one attached hydrogen (secondary N) is 1. The zero-order chi connectivity index (χ0) is 16.5. The van der Waals surface area contributed by atoms with Crippen LogP contribution in [-0.4, -0.2) is 28.5 Å². The van der Waals surface area contributed by atoms with Crippen LogP contribution in [0.5, 0.6) is 11.6 Å². The summed E-state index contributed by atoms with van der Waals surface area (Å²) in [5.74, 6) is 0.769. The van der Waals surface area contributed by atoms with Crippen LogP contribution in [0.3, 0.4) is 0 Å². The Balaban J connectivity index is 0.00000288. The lowest BCUT2D eigenvalue weighted by molar-refractivity contribution is 0.0935. The Bertz CT molecular complexity index is 629. The number of hydrogen-bond donors (Lipinski definition) is 2. The summed E-state index contributed by atoms with van der Waals surface area (Å²) in [6, 6.07) is 6.95. The molecule has 3 N–H and O–H groups in total. The number of benzene rings is 1. The molecule has 1 amide bonds. The lowest BCUT2D eigenvalue weighted by Crippen LogP contribution is -2.40. The maximum atomic E-state index is 12.3. The summed E-state index contributed by atoms with van der Waals surface area (Å²) in [5, 5.41) is 2.96. The molecule has 6 nitrogen and oxygen atoms in total. The van der Waals surface area contributed by atoms with E-state index in [2.05, 4.69) is 22.2 Å². The van der Waals surface area contributed by atoms with Crippen LogP contribution in [-0.2, 0) is 0 Å². The largest absolute Gasteiger partial charge is 0.437 e. The van der Waals surface area contributed by atoms with Gasteiger partial charge in [0.1, 0.15) is 5.75 Å². The number of hydrogen-bond acceptors (Lipinski definition) is 5. The molecule has 0 aliphatic carbocycles. The molecule has 1 aromatic carbocycles. The Morgan fingerprint density at radius 3 is 2.76 bits per heavy atom. The van der Waals surface area contributed by atoms with Crippen molar-refractivity contribution in [2.75, 3.05) is 6.54 Å². The van der Waals surface area contributed by atoms with Gasteiger partial charge in [0.25, 0.3) is 5.91 Å². The van der Waals surface area contributed by atoms with E-state index in [4.69, 9.17) is 10.5 Å². The fourth-order valence-electron chi connectivity index (χ4n) is 2.13. The summed E-state index contributed by atoms with van der Waals surface area (Å²) in [6.07, 6.45) is 7.63. The van der Waals surface area contributed by atoms with E-state index in [0.29, 0.717) is 23.7 Å². The fraction of sp³-hybridized carbons (Fsp3) is 0.353. The van der Waals surface area contributed by atoms with Crippen LogP contribution < -0.4 is 15.8 Å². The number of rotatable bonds is 8. The van der Waals surface area contributed by atoms with Crippen molar-refractivity contribution in [2.24, 2.45) is 5.73 Å². The molecule has 1 heterocycles. The standard InChI is InChI=1S/C17H22N4O2.2ClH/c1-2-3-6-14(11-18)21-17(22)13-5-4-7-15(10-13)23-16-12-19-8-9-20-16;;/h4-5,7-10,12,14H,2-3,6,11,18H2,1H3,(H,21,22);2*1H. The number of unbranched alkanes of at least 4 members (excludes halogenated alkanes) is 1. The van der Waals surface area contributed by atoms with Gasteiger partial charge in [-0.3, -0.25) is 9.78 Å². The topological polar surface area (TPSA) is 90.1 Å². The minimum absolute atomic E-state index is 0. The van der Waals surface area contributed by atoms with Crippen LogP contribution in [0.15, 0.2) is 42.9 Å². The molecule has 1 atom stereocenters. The molecular weight excluding hydrogens is 363 g/mol. The first kappa shape index (κ1) is 23.1. The average molecular weight is 387 g/mol. The predicted molar refractivity (Wildman–Crippen MR) is 103 cm³/mol. The van der Waals surface area contributed by atoms with Crippen LogP contribution in [0.4, 0.5) is 0 Å². The van der Waals surface area contributed by atoms with Gasteiger partial charge < -0.3 is 15.8 Å². The van der Waals surface area contributed by atoms with Crippen molar-refractivity contribution >= 4 is 30.7 Å². The van der Waals surface area contributed by atoms with E-state index in [1.165, 1.54) is 6.20 Å². The van der Waals surface area contributed by atoms with Crippen molar-refractivity contribution in [3.05, 3.63) is 48.4 Å². The van der Waals surface area contributed by atoms with E-state index in [1.54, 1.807) is 36.7 Å². The highest BCUT2D eigenvalue weighted by Crippen LogP contribution is 2.19. The van der Waals surface area contributed by atoms with E-state index in [0.717, 1.165) is 19.3 Å². The molecule has 0 aliphatic heterocycles. The minimum atomic E-state index is -0.152. The zero-order valence-corrected chi connectivity index (χ0v) is 15.7. The molecule has 0 spiro atoms. The van der Waals surface area contributed by atoms with Crippen molar-refractivity contribution in [3.8, 4) is 11.6 Å². The molecule has 2 aromatic rings. The number of nitrogens with zero attached hydrogens (tertiary/aromatic N) is 2. The lowest BCUT2D eigenvalue weighted by atomic mass is 10.1. The third-order valence-electron chi connectivity index (χ3n) is 3.38. The Labute approximate surface area is 160 Å². The number of nitrogens with two attached hydrogens (primary N) is 1. The van der Waals surface area contributed by atoms with E-state index in [9.17, 15) is 4.79 Å². The minimum Gasteiger partial charge on any atom is -0.437 e. The highest BCUT2D eigenvalue weighted by atomic mass is 35.5. The number of ether oxygens (including phenoxy) is 1. The van der Waals surface area contributed by atoms with Gasteiger partial charge >= 0.3 is 0 Å². The van der Waals surface area contributed by atoms with Crippen molar-refractivity contribution < 1.29 is 9.53 Å². The van der Waals surface area contributed by atoms with Crippen molar-refractivity contribution in [1.29, 1.82) is 0 Å². The maximum absolute atomic E-state index is 12.3. The Morgan fingerprint density at radius 2 is 2.12 bits per heavy atom. The zero-order valence-electron chi connectivity index (χ0n) is 14.1. The SMILES string of the molecule is CCCCC(CN)NC(=O)c1cccc(Oc2cnccn2)c1.Cl.Cl. The number of halogens is 2. The molecule has 1 aromatic heterocycles. The van der Waals surface area contributed by atoms with Crippen LogP contribution in [0.1, 0.15) is 36.5 Å². The summed E-state index contributed by atoms with van der Waals surface area (Å²) in [5.41, 5.74) is 6.25. The van der Waals surface area contributed by atoms with E-state index in [-0.39, 0.29) is 36.8 Å². The van der Waals surface area contributed by atoms with Gasteiger partial charge in [0, 0.05) is 30.5 Å². The highest BCUT2D eigenvalue weighted by Gasteiger charge is 2.13. The van der Waals surface area contributed by atoms with E-state index in [1.807, 2.05) is 0 Å². The van der Waals surface area contributed by atoms with E-state index < -0.39 is 0 Å². The molecule has 138 valence electrons. The summed E-state index contributed by atoms with van der Waals surface area (Å²) >= 11 is 0. The van der Waals surface area contributed by atoms with Crippen LogP contribution in [0, 0.1) is 0 Å². The van der Waals surface area contributed by atoms with Gasteiger partial charge in [-0.15, -0.1) is 24.8 Å². The number of carbonyl (C=O) groups is 1. The number of carbonyl (C=O) groups excluding carboxylic acids is 1. The molecule has 0 saturated heterocycles. The van der Waals surface area contributed by atoms with Gasteiger partial charge in [0.15, 0.2) is 0 Å². The first-order chi connectivity index (χ1) is 11.2. The normalized spacial score (nSPS) is 10.8. The van der Waals surface area contributed by atoms with Gasteiger partial charge in [-0.25, -0.2) is 4.98 Å². The Morgan fingerprint density at radius 1 is 1.32 bits per heavy atom. The average Bonchev–Trinajstić information content (AvgIpc) is 2.59. The lowest BCUT2D eigenvalue weighted by Gasteiger charge is -2.16. The second-order valence-corrected chi connectivity index (χ2v) is 5.22. The predicted octanol–water partition coefficient (Wildman–Crippen LogP) is 3.36. The van der Waals surface area contributed by atoms with Gasteiger partial charge in [-0.05, 0) is 24.6 Å². The second kappa shape index (κ2) is 12.5. The highest BCUT2D eigenvalue weighted by molar-refractivity contribution is 5.94. The third kappa shape index (κ3) is 7.69. The van der Waals surface area contributed by atoms with Gasteiger partial charge in [0.05, 0.1) is 6.20 Å². The van der Waals surface area contributed by atoms with Gasteiger partial charge in [-0.2, -0.15) is 0 Å². The summed E-state index contributed by atoms with van der Waals surface area (Å²) in [4.78, 5) is 20.3. The maximum Gasteiger partial charge on any atom is 0.251 e. The number of aromatic nitrogens is 2. The fourth-order valence-corrected chi connectivity index (χ4v) is 2.13.